The summed E-state index contributed by atoms with van der Waals surface area (Å²) in [6, 6.07) is 8.03. The van der Waals surface area contributed by atoms with E-state index in [0.717, 1.165) is 42.7 Å². The van der Waals surface area contributed by atoms with Crippen LogP contribution in [0.5, 0.6) is 0 Å². The third kappa shape index (κ3) is 4.50. The van der Waals surface area contributed by atoms with E-state index in [1.165, 1.54) is 0 Å². The van der Waals surface area contributed by atoms with E-state index in [2.05, 4.69) is 4.90 Å². The maximum Gasteiger partial charge on any atom is 0.305 e. The van der Waals surface area contributed by atoms with Gasteiger partial charge in [-0.3, -0.25) is 9.59 Å². The van der Waals surface area contributed by atoms with Gasteiger partial charge in [0.05, 0.1) is 13.0 Å². The molecule has 0 saturated carbocycles. The largest absolute Gasteiger partial charge is 0.481 e. The molecule has 2 heterocycles. The van der Waals surface area contributed by atoms with E-state index in [9.17, 15) is 9.59 Å². The van der Waals surface area contributed by atoms with Crippen molar-refractivity contribution < 1.29 is 19.4 Å². The van der Waals surface area contributed by atoms with Crippen LogP contribution in [0.2, 0.25) is 0 Å². The Bertz CT molecular complexity index is 758. The van der Waals surface area contributed by atoms with Crippen molar-refractivity contribution in [2.75, 3.05) is 55.7 Å². The average molecular weight is 423 g/mol. The lowest BCUT2D eigenvalue weighted by atomic mass is 10.2. The molecule has 0 amide bonds. The number of hydrogen-bond donors (Lipinski definition) is 1. The molecular formula is C18H22N4O4S2. The van der Waals surface area contributed by atoms with E-state index in [1.807, 2.05) is 39.0 Å². The Hall–Kier alpha value is -2.46. The van der Waals surface area contributed by atoms with Crippen molar-refractivity contribution in [1.29, 1.82) is 0 Å². The van der Waals surface area contributed by atoms with Gasteiger partial charge < -0.3 is 29.4 Å². The SMILES string of the molecule is O=COCCN1CCN(c2ccc(N3CCN(CCC(=O)O)C3=S)cc2)C1=S. The molecule has 0 aromatic heterocycles. The van der Waals surface area contributed by atoms with Crippen LogP contribution in [-0.4, -0.2) is 83.4 Å². The number of carbonyl (C=O) groups is 2. The number of anilines is 2. The summed E-state index contributed by atoms with van der Waals surface area (Å²) in [6.07, 6.45) is 0.0771. The van der Waals surface area contributed by atoms with Crippen LogP contribution < -0.4 is 9.80 Å². The van der Waals surface area contributed by atoms with Gasteiger partial charge in [-0.25, -0.2) is 0 Å². The second kappa shape index (κ2) is 9.16. The fourth-order valence-corrected chi connectivity index (χ4v) is 4.07. The zero-order valence-corrected chi connectivity index (χ0v) is 17.0. The minimum atomic E-state index is -0.820. The van der Waals surface area contributed by atoms with Crippen LogP contribution in [-0.2, 0) is 14.3 Å². The first kappa shape index (κ1) is 20.3. The Morgan fingerprint density at radius 3 is 1.93 bits per heavy atom. The van der Waals surface area contributed by atoms with Gasteiger partial charge in [0.2, 0.25) is 0 Å². The normalized spacial score (nSPS) is 16.9. The monoisotopic (exact) mass is 422 g/mol. The number of benzene rings is 1. The molecule has 0 atom stereocenters. The first-order valence-corrected chi connectivity index (χ1v) is 9.83. The van der Waals surface area contributed by atoms with Crippen LogP contribution in [0.15, 0.2) is 24.3 Å². The Labute approximate surface area is 174 Å². The van der Waals surface area contributed by atoms with Crippen molar-refractivity contribution in [3.05, 3.63) is 24.3 Å². The number of aliphatic carboxylic acids is 1. The molecule has 2 aliphatic rings. The van der Waals surface area contributed by atoms with Gasteiger partial charge in [0.1, 0.15) is 6.61 Å². The van der Waals surface area contributed by atoms with Crippen LogP contribution in [0.1, 0.15) is 6.42 Å². The van der Waals surface area contributed by atoms with Crippen LogP contribution in [0, 0.1) is 0 Å². The van der Waals surface area contributed by atoms with Crippen molar-refractivity contribution in [2.45, 2.75) is 6.42 Å². The molecule has 150 valence electrons. The molecule has 2 fully saturated rings. The summed E-state index contributed by atoms with van der Waals surface area (Å²) < 4.78 is 4.75. The molecule has 0 unspecified atom stereocenters. The van der Waals surface area contributed by atoms with Gasteiger partial charge in [-0.15, -0.1) is 0 Å². The second-order valence-electron chi connectivity index (χ2n) is 6.47. The lowest BCUT2D eigenvalue weighted by Crippen LogP contribution is -2.34. The Morgan fingerprint density at radius 2 is 1.46 bits per heavy atom. The highest BCUT2D eigenvalue weighted by molar-refractivity contribution is 7.80. The van der Waals surface area contributed by atoms with Gasteiger partial charge in [-0.2, -0.15) is 0 Å². The molecule has 28 heavy (non-hydrogen) atoms. The number of carboxylic acid groups (broad SMARTS) is 1. The third-order valence-electron chi connectivity index (χ3n) is 4.81. The zero-order chi connectivity index (χ0) is 20.1. The minimum Gasteiger partial charge on any atom is -0.481 e. The predicted octanol–water partition coefficient (Wildman–Crippen LogP) is 1.15. The highest BCUT2D eigenvalue weighted by Crippen LogP contribution is 2.26. The average Bonchev–Trinajstić information content (AvgIpc) is 3.23. The summed E-state index contributed by atoms with van der Waals surface area (Å²) in [5.41, 5.74) is 1.98. The van der Waals surface area contributed by atoms with E-state index < -0.39 is 5.97 Å². The molecule has 2 saturated heterocycles. The van der Waals surface area contributed by atoms with Crippen LogP contribution in [0.4, 0.5) is 11.4 Å². The number of rotatable bonds is 9. The van der Waals surface area contributed by atoms with Crippen molar-refractivity contribution in [2.24, 2.45) is 0 Å². The number of ether oxygens (including phenoxy) is 1. The molecule has 0 aliphatic carbocycles. The molecular weight excluding hydrogens is 400 g/mol. The van der Waals surface area contributed by atoms with E-state index >= 15 is 0 Å². The van der Waals surface area contributed by atoms with E-state index in [-0.39, 0.29) is 6.42 Å². The van der Waals surface area contributed by atoms with Gasteiger partial charge in [0.15, 0.2) is 10.2 Å². The molecule has 1 aromatic rings. The summed E-state index contributed by atoms with van der Waals surface area (Å²) in [5, 5.41) is 10.2. The molecule has 3 rings (SSSR count). The quantitative estimate of drug-likeness (QED) is 0.356. The fraction of sp³-hybridized carbons (Fsp3) is 0.444. The lowest BCUT2D eigenvalue weighted by molar-refractivity contribution is -0.137. The molecule has 0 radical (unpaired) electrons. The van der Waals surface area contributed by atoms with Gasteiger partial charge in [-0.1, -0.05) is 0 Å². The van der Waals surface area contributed by atoms with Gasteiger partial charge >= 0.3 is 5.97 Å². The van der Waals surface area contributed by atoms with Crippen molar-refractivity contribution in [1.82, 2.24) is 9.80 Å². The second-order valence-corrected chi connectivity index (χ2v) is 7.20. The lowest BCUT2D eigenvalue weighted by Gasteiger charge is -2.24. The van der Waals surface area contributed by atoms with Crippen LogP contribution in [0.25, 0.3) is 0 Å². The summed E-state index contributed by atoms with van der Waals surface area (Å²) in [5.74, 6) is -0.820. The Morgan fingerprint density at radius 1 is 0.964 bits per heavy atom. The predicted molar refractivity (Wildman–Crippen MR) is 114 cm³/mol. The van der Waals surface area contributed by atoms with Gasteiger partial charge in [-0.05, 0) is 48.7 Å². The minimum absolute atomic E-state index is 0.0771. The van der Waals surface area contributed by atoms with Gasteiger partial charge in [0.25, 0.3) is 6.47 Å². The highest BCUT2D eigenvalue weighted by Gasteiger charge is 2.28. The van der Waals surface area contributed by atoms with Crippen LogP contribution in [0.3, 0.4) is 0 Å². The van der Waals surface area contributed by atoms with Crippen LogP contribution >= 0.6 is 24.4 Å². The summed E-state index contributed by atoms with van der Waals surface area (Å²) in [4.78, 5) is 29.1. The maximum absolute atomic E-state index is 10.8. The van der Waals surface area contributed by atoms with E-state index in [4.69, 9.17) is 34.3 Å². The van der Waals surface area contributed by atoms with Crippen molar-refractivity contribution in [3.8, 4) is 0 Å². The topological polar surface area (TPSA) is 76.6 Å². The number of carboxylic acids is 1. The first-order chi connectivity index (χ1) is 13.5. The molecule has 0 bridgehead atoms. The summed E-state index contributed by atoms with van der Waals surface area (Å²) in [7, 11) is 0. The van der Waals surface area contributed by atoms with Crippen molar-refractivity contribution >= 4 is 58.5 Å². The highest BCUT2D eigenvalue weighted by atomic mass is 32.1. The number of thiocarbonyl (C=S) groups is 2. The molecule has 10 heteroatoms. The third-order valence-corrected chi connectivity index (χ3v) is 5.76. The Kier molecular flexibility index (Phi) is 6.63. The van der Waals surface area contributed by atoms with E-state index in [1.54, 1.807) is 0 Å². The van der Waals surface area contributed by atoms with Crippen molar-refractivity contribution in [3.63, 3.8) is 0 Å². The first-order valence-electron chi connectivity index (χ1n) is 9.01. The molecule has 1 aromatic carbocycles. The molecule has 1 N–H and O–H groups in total. The maximum atomic E-state index is 10.8. The molecule has 8 nitrogen and oxygen atoms in total. The number of nitrogens with zero attached hydrogens (tertiary/aromatic N) is 4. The Balaban J connectivity index is 1.60. The number of carbonyl (C=O) groups excluding carboxylic acids is 1. The smallest absolute Gasteiger partial charge is 0.305 e. The molecule has 0 spiro atoms. The fourth-order valence-electron chi connectivity index (χ4n) is 3.31. The summed E-state index contributed by atoms with van der Waals surface area (Å²) in [6.45, 7) is 4.81. The zero-order valence-electron chi connectivity index (χ0n) is 15.3. The standard InChI is InChI=1S/C18H22N4O4S2/c23-13-26-12-11-20-8-10-22(18(20)28)15-3-1-14(2-4-15)21-9-7-19(17(21)27)6-5-16(24)25/h1-4,13H,5-12H2,(H,24,25). The van der Waals surface area contributed by atoms with Gasteiger partial charge in [0, 0.05) is 44.1 Å². The summed E-state index contributed by atoms with van der Waals surface area (Å²) >= 11 is 11.0. The molecule has 2 aliphatic heterocycles. The van der Waals surface area contributed by atoms with E-state index in [0.29, 0.717) is 31.3 Å². The number of hydrogen-bond acceptors (Lipinski definition) is 5.